The van der Waals surface area contributed by atoms with Crippen LogP contribution in [0.3, 0.4) is 0 Å². The Morgan fingerprint density at radius 2 is 1.90 bits per heavy atom. The fourth-order valence-corrected chi connectivity index (χ4v) is 2.11. The number of benzene rings is 1. The lowest BCUT2D eigenvalue weighted by Crippen LogP contribution is -2.32. The first kappa shape index (κ1) is 15.1. The molecular formula is C16H17FN2O2. The molecule has 0 saturated heterocycles. The first-order valence-corrected chi connectivity index (χ1v) is 6.61. The third-order valence-corrected chi connectivity index (χ3v) is 3.28. The topological polar surface area (TPSA) is 51.2 Å². The molecule has 2 rings (SSSR count). The van der Waals surface area contributed by atoms with Crippen LogP contribution in [-0.4, -0.2) is 18.1 Å². The number of hydrogen-bond donors (Lipinski definition) is 1. The van der Waals surface area contributed by atoms with Crippen molar-refractivity contribution in [3.8, 4) is 0 Å². The van der Waals surface area contributed by atoms with E-state index in [-0.39, 0.29) is 11.6 Å². The van der Waals surface area contributed by atoms with Gasteiger partial charge < -0.3 is 4.74 Å². The Labute approximate surface area is 123 Å². The molecule has 0 saturated carbocycles. The summed E-state index contributed by atoms with van der Waals surface area (Å²) in [6, 6.07) is 8.83. The fraction of sp³-hybridized carbons (Fsp3) is 0.250. The molecule has 1 aromatic heterocycles. The first-order valence-electron chi connectivity index (χ1n) is 6.61. The van der Waals surface area contributed by atoms with E-state index in [0.717, 1.165) is 5.56 Å². The highest BCUT2D eigenvalue weighted by Gasteiger charge is 2.26. The van der Waals surface area contributed by atoms with Gasteiger partial charge in [0, 0.05) is 24.0 Å². The standard InChI is InChI=1S/C16H17FN2O2/c1-11(12-7-9-18-10-8-12)19-15(16(20)21-2)13-5-3-4-6-14(13)17/h3-11,15,19H,1-2H3/t11-,15-/m1/s1. The molecule has 1 heterocycles. The zero-order chi connectivity index (χ0) is 15.2. The van der Waals surface area contributed by atoms with Gasteiger partial charge in [-0.1, -0.05) is 18.2 Å². The summed E-state index contributed by atoms with van der Waals surface area (Å²) in [5, 5.41) is 3.10. The predicted molar refractivity (Wildman–Crippen MR) is 76.9 cm³/mol. The van der Waals surface area contributed by atoms with Gasteiger partial charge in [0.15, 0.2) is 0 Å². The summed E-state index contributed by atoms with van der Waals surface area (Å²) in [6.07, 6.45) is 3.34. The number of carbonyl (C=O) groups is 1. The average molecular weight is 288 g/mol. The number of esters is 1. The lowest BCUT2D eigenvalue weighted by Gasteiger charge is -2.22. The minimum atomic E-state index is -0.862. The van der Waals surface area contributed by atoms with E-state index in [4.69, 9.17) is 4.74 Å². The summed E-state index contributed by atoms with van der Waals surface area (Å²) < 4.78 is 18.7. The molecular weight excluding hydrogens is 271 g/mol. The zero-order valence-electron chi connectivity index (χ0n) is 11.9. The molecule has 0 fully saturated rings. The predicted octanol–water partition coefficient (Wildman–Crippen LogP) is 2.79. The Kier molecular flexibility index (Phi) is 5.00. The summed E-state index contributed by atoms with van der Waals surface area (Å²) in [5.74, 6) is -0.969. The highest BCUT2D eigenvalue weighted by Crippen LogP contribution is 2.22. The smallest absolute Gasteiger partial charge is 0.327 e. The van der Waals surface area contributed by atoms with E-state index in [2.05, 4.69) is 10.3 Å². The van der Waals surface area contributed by atoms with Crippen LogP contribution < -0.4 is 5.32 Å². The molecule has 5 heteroatoms. The number of nitrogens with one attached hydrogen (secondary N) is 1. The van der Waals surface area contributed by atoms with Gasteiger partial charge in [-0.3, -0.25) is 10.3 Å². The lowest BCUT2D eigenvalue weighted by atomic mass is 10.0. The van der Waals surface area contributed by atoms with E-state index in [0.29, 0.717) is 0 Å². The molecule has 21 heavy (non-hydrogen) atoms. The van der Waals surface area contributed by atoms with Crippen LogP contribution in [0.5, 0.6) is 0 Å². The number of rotatable bonds is 5. The Morgan fingerprint density at radius 3 is 2.52 bits per heavy atom. The molecule has 1 N–H and O–H groups in total. The number of hydrogen-bond acceptors (Lipinski definition) is 4. The fourth-order valence-electron chi connectivity index (χ4n) is 2.11. The van der Waals surface area contributed by atoms with E-state index in [9.17, 15) is 9.18 Å². The Morgan fingerprint density at radius 1 is 1.24 bits per heavy atom. The second-order valence-corrected chi connectivity index (χ2v) is 4.65. The Balaban J connectivity index is 2.26. The third kappa shape index (κ3) is 3.64. The van der Waals surface area contributed by atoms with Crippen LogP contribution in [-0.2, 0) is 9.53 Å². The monoisotopic (exact) mass is 288 g/mol. The van der Waals surface area contributed by atoms with Gasteiger partial charge >= 0.3 is 5.97 Å². The van der Waals surface area contributed by atoms with Gasteiger partial charge in [0.25, 0.3) is 0 Å². The molecule has 4 nitrogen and oxygen atoms in total. The van der Waals surface area contributed by atoms with Crippen LogP contribution in [0, 0.1) is 5.82 Å². The van der Waals surface area contributed by atoms with Gasteiger partial charge in [-0.15, -0.1) is 0 Å². The van der Waals surface area contributed by atoms with Gasteiger partial charge in [-0.05, 0) is 30.7 Å². The van der Waals surface area contributed by atoms with Crippen LogP contribution in [0.2, 0.25) is 0 Å². The summed E-state index contributed by atoms with van der Waals surface area (Å²) in [6.45, 7) is 1.89. The second kappa shape index (κ2) is 6.95. The largest absolute Gasteiger partial charge is 0.468 e. The van der Waals surface area contributed by atoms with E-state index in [1.165, 1.54) is 13.2 Å². The summed E-state index contributed by atoms with van der Waals surface area (Å²) >= 11 is 0. The number of aromatic nitrogens is 1. The van der Waals surface area contributed by atoms with Gasteiger partial charge in [-0.2, -0.15) is 0 Å². The number of carbonyl (C=O) groups excluding carboxylic acids is 1. The summed E-state index contributed by atoms with van der Waals surface area (Å²) in [5.41, 5.74) is 1.22. The number of ether oxygens (including phenoxy) is 1. The number of halogens is 1. The Hall–Kier alpha value is -2.27. The molecule has 0 aliphatic rings. The molecule has 0 unspecified atom stereocenters. The SMILES string of the molecule is COC(=O)[C@H](N[C@H](C)c1ccncc1)c1ccccc1F. The molecule has 0 bridgehead atoms. The maximum atomic E-state index is 13.9. The van der Waals surface area contributed by atoms with Crippen molar-refractivity contribution in [1.82, 2.24) is 10.3 Å². The van der Waals surface area contributed by atoms with Crippen molar-refractivity contribution in [2.75, 3.05) is 7.11 Å². The minimum absolute atomic E-state index is 0.156. The highest BCUT2D eigenvalue weighted by molar-refractivity contribution is 5.77. The average Bonchev–Trinajstić information content (AvgIpc) is 2.53. The summed E-state index contributed by atoms with van der Waals surface area (Å²) in [7, 11) is 1.29. The van der Waals surface area contributed by atoms with Gasteiger partial charge in [0.05, 0.1) is 7.11 Å². The van der Waals surface area contributed by atoms with E-state index >= 15 is 0 Å². The Bertz CT molecular complexity index is 604. The van der Waals surface area contributed by atoms with Crippen molar-refractivity contribution in [2.24, 2.45) is 0 Å². The molecule has 1 aromatic carbocycles. The molecule has 110 valence electrons. The van der Waals surface area contributed by atoms with E-state index in [1.807, 2.05) is 19.1 Å². The zero-order valence-corrected chi connectivity index (χ0v) is 11.9. The third-order valence-electron chi connectivity index (χ3n) is 3.28. The van der Waals surface area contributed by atoms with Crippen LogP contribution in [0.1, 0.15) is 30.1 Å². The molecule has 0 spiro atoms. The number of nitrogens with zero attached hydrogens (tertiary/aromatic N) is 1. The summed E-state index contributed by atoms with van der Waals surface area (Å²) in [4.78, 5) is 15.9. The van der Waals surface area contributed by atoms with Crippen LogP contribution in [0.4, 0.5) is 4.39 Å². The number of methoxy groups -OCH3 is 1. The van der Waals surface area contributed by atoms with E-state index in [1.54, 1.807) is 30.6 Å². The van der Waals surface area contributed by atoms with Crippen molar-refractivity contribution in [3.05, 3.63) is 65.7 Å². The number of pyridine rings is 1. The van der Waals surface area contributed by atoms with Gasteiger partial charge in [-0.25, -0.2) is 9.18 Å². The normalized spacial score (nSPS) is 13.5. The quantitative estimate of drug-likeness (QED) is 0.860. The van der Waals surface area contributed by atoms with Crippen molar-refractivity contribution >= 4 is 5.97 Å². The van der Waals surface area contributed by atoms with Gasteiger partial charge in [0.2, 0.25) is 0 Å². The van der Waals surface area contributed by atoms with Crippen LogP contribution in [0.15, 0.2) is 48.8 Å². The molecule has 0 aliphatic carbocycles. The molecule has 0 amide bonds. The van der Waals surface area contributed by atoms with E-state index < -0.39 is 17.8 Å². The molecule has 2 atom stereocenters. The molecule has 0 radical (unpaired) electrons. The maximum absolute atomic E-state index is 13.9. The van der Waals surface area contributed by atoms with Crippen molar-refractivity contribution in [2.45, 2.75) is 19.0 Å². The first-order chi connectivity index (χ1) is 10.1. The molecule has 2 aromatic rings. The lowest BCUT2D eigenvalue weighted by molar-refractivity contribution is -0.143. The molecule has 0 aliphatic heterocycles. The van der Waals surface area contributed by atoms with Crippen LogP contribution >= 0.6 is 0 Å². The van der Waals surface area contributed by atoms with Gasteiger partial charge in [0.1, 0.15) is 11.9 Å². The van der Waals surface area contributed by atoms with Crippen LogP contribution in [0.25, 0.3) is 0 Å². The van der Waals surface area contributed by atoms with Crippen molar-refractivity contribution in [3.63, 3.8) is 0 Å². The van der Waals surface area contributed by atoms with Crippen molar-refractivity contribution < 1.29 is 13.9 Å². The maximum Gasteiger partial charge on any atom is 0.327 e. The second-order valence-electron chi connectivity index (χ2n) is 4.65. The highest BCUT2D eigenvalue weighted by atomic mass is 19.1. The minimum Gasteiger partial charge on any atom is -0.468 e. The van der Waals surface area contributed by atoms with Crippen molar-refractivity contribution in [1.29, 1.82) is 0 Å².